The molecule has 1 aliphatic rings. The second kappa shape index (κ2) is 6.38. The van der Waals surface area contributed by atoms with E-state index in [2.05, 4.69) is 5.32 Å². The number of nitrogens with one attached hydrogen (secondary N) is 1. The van der Waals surface area contributed by atoms with Gasteiger partial charge in [-0.05, 0) is 12.5 Å². The Morgan fingerprint density at radius 3 is 2.75 bits per heavy atom. The second-order valence-electron chi connectivity index (χ2n) is 4.68. The van der Waals surface area contributed by atoms with Crippen LogP contribution in [0, 0.1) is 5.92 Å². The van der Waals surface area contributed by atoms with Crippen molar-refractivity contribution in [3.8, 4) is 0 Å². The zero-order valence-electron chi connectivity index (χ0n) is 11.1. The lowest BCUT2D eigenvalue weighted by atomic mass is 10.0. The van der Waals surface area contributed by atoms with Crippen LogP contribution in [0.4, 0.5) is 4.79 Å². The summed E-state index contributed by atoms with van der Waals surface area (Å²) in [5.74, 6) is -0.936. The number of amides is 1. The van der Waals surface area contributed by atoms with Gasteiger partial charge in [0, 0.05) is 0 Å². The number of aliphatic hydroxyl groups excluding tert-OH is 1. The summed E-state index contributed by atoms with van der Waals surface area (Å²) in [4.78, 5) is 23.1. The Balaban J connectivity index is 1.86. The van der Waals surface area contributed by atoms with Gasteiger partial charge in [-0.3, -0.25) is 4.79 Å². The van der Waals surface area contributed by atoms with E-state index < -0.39 is 30.1 Å². The highest BCUT2D eigenvalue weighted by molar-refractivity contribution is 5.77. The molecule has 0 aromatic heterocycles. The number of ether oxygens (including phenoxy) is 2. The van der Waals surface area contributed by atoms with Crippen LogP contribution in [0.3, 0.4) is 0 Å². The van der Waals surface area contributed by atoms with E-state index >= 15 is 0 Å². The van der Waals surface area contributed by atoms with Gasteiger partial charge in [0.1, 0.15) is 12.7 Å². The normalized spacial score (nSPS) is 25.1. The van der Waals surface area contributed by atoms with Crippen molar-refractivity contribution in [2.24, 2.45) is 5.92 Å². The molecule has 108 valence electrons. The monoisotopic (exact) mass is 279 g/mol. The minimum atomic E-state index is -0.721. The van der Waals surface area contributed by atoms with E-state index in [-0.39, 0.29) is 13.2 Å². The van der Waals surface area contributed by atoms with E-state index in [9.17, 15) is 9.59 Å². The fourth-order valence-corrected chi connectivity index (χ4v) is 2.07. The lowest BCUT2D eigenvalue weighted by Gasteiger charge is -2.18. The quantitative estimate of drug-likeness (QED) is 0.798. The van der Waals surface area contributed by atoms with Crippen LogP contribution in [0.15, 0.2) is 30.3 Å². The molecule has 0 unspecified atom stereocenters. The van der Waals surface area contributed by atoms with Crippen LogP contribution in [0.2, 0.25) is 0 Å². The molecule has 1 fully saturated rings. The molecule has 1 heterocycles. The number of carbonyl (C=O) groups excluding carboxylic acids is 2. The molecule has 1 saturated heterocycles. The maximum absolute atomic E-state index is 11.7. The maximum Gasteiger partial charge on any atom is 0.407 e. The van der Waals surface area contributed by atoms with Crippen LogP contribution in [0.5, 0.6) is 0 Å². The van der Waals surface area contributed by atoms with Gasteiger partial charge in [0.2, 0.25) is 0 Å². The van der Waals surface area contributed by atoms with Crippen LogP contribution >= 0.6 is 0 Å². The molecule has 3 atom stereocenters. The lowest BCUT2D eigenvalue weighted by molar-refractivity contribution is -0.145. The van der Waals surface area contributed by atoms with Crippen molar-refractivity contribution >= 4 is 12.1 Å². The van der Waals surface area contributed by atoms with Gasteiger partial charge in [-0.2, -0.15) is 0 Å². The molecule has 1 aliphatic heterocycles. The molecule has 0 spiro atoms. The van der Waals surface area contributed by atoms with Crippen molar-refractivity contribution < 1.29 is 24.2 Å². The van der Waals surface area contributed by atoms with Gasteiger partial charge in [-0.25, -0.2) is 4.79 Å². The van der Waals surface area contributed by atoms with Crippen molar-refractivity contribution in [3.63, 3.8) is 0 Å². The van der Waals surface area contributed by atoms with Crippen LogP contribution in [0.25, 0.3) is 0 Å². The molecule has 6 heteroatoms. The van der Waals surface area contributed by atoms with Crippen LogP contribution in [-0.2, 0) is 20.9 Å². The number of hydrogen-bond acceptors (Lipinski definition) is 5. The molecule has 20 heavy (non-hydrogen) atoms. The number of alkyl carbamates (subject to hydrolysis) is 1. The molecule has 0 aliphatic carbocycles. The third-order valence-electron chi connectivity index (χ3n) is 3.26. The minimum Gasteiger partial charge on any atom is -0.457 e. The summed E-state index contributed by atoms with van der Waals surface area (Å²) in [6, 6.07) is 8.69. The van der Waals surface area contributed by atoms with Crippen molar-refractivity contribution in [1.29, 1.82) is 0 Å². The number of aliphatic hydroxyl groups is 1. The Labute approximate surface area is 116 Å². The van der Waals surface area contributed by atoms with Crippen molar-refractivity contribution in [3.05, 3.63) is 35.9 Å². The molecule has 1 aromatic carbocycles. The molecule has 6 nitrogen and oxygen atoms in total. The highest BCUT2D eigenvalue weighted by Crippen LogP contribution is 2.21. The van der Waals surface area contributed by atoms with E-state index in [1.807, 2.05) is 30.3 Å². The SMILES string of the molecule is C[C@@H]1C(=O)O[C@H](CO)[C@@H]1NC(=O)OCc1ccccc1. The third kappa shape index (κ3) is 3.27. The summed E-state index contributed by atoms with van der Waals surface area (Å²) in [7, 11) is 0. The third-order valence-corrected chi connectivity index (χ3v) is 3.26. The van der Waals surface area contributed by atoms with Gasteiger partial charge < -0.3 is 19.9 Å². The van der Waals surface area contributed by atoms with Crippen LogP contribution < -0.4 is 5.32 Å². The molecule has 0 saturated carbocycles. The Morgan fingerprint density at radius 2 is 2.10 bits per heavy atom. The zero-order valence-corrected chi connectivity index (χ0v) is 11.1. The largest absolute Gasteiger partial charge is 0.457 e. The molecule has 2 N–H and O–H groups in total. The standard InChI is InChI=1S/C14H17NO5/c1-9-12(11(7-16)20-13(9)17)15-14(18)19-8-10-5-3-2-4-6-10/h2-6,9,11-12,16H,7-8H2,1H3,(H,15,18)/t9-,11+,12+/m0/s1. The van der Waals surface area contributed by atoms with Crippen molar-refractivity contribution in [2.75, 3.05) is 6.61 Å². The molecular weight excluding hydrogens is 262 g/mol. The van der Waals surface area contributed by atoms with E-state index in [1.54, 1.807) is 6.92 Å². The highest BCUT2D eigenvalue weighted by Gasteiger charge is 2.42. The molecule has 0 bridgehead atoms. The summed E-state index contributed by atoms with van der Waals surface area (Å²) in [6.07, 6.45) is -1.36. The predicted octanol–water partition coefficient (Wildman–Crippen LogP) is 0.835. The average molecular weight is 279 g/mol. The van der Waals surface area contributed by atoms with Crippen LogP contribution in [0.1, 0.15) is 12.5 Å². The Bertz CT molecular complexity index is 476. The maximum atomic E-state index is 11.7. The number of esters is 1. The molecular formula is C14H17NO5. The molecule has 1 aromatic rings. The fourth-order valence-electron chi connectivity index (χ4n) is 2.07. The molecule has 0 radical (unpaired) electrons. The molecule has 1 amide bonds. The number of cyclic esters (lactones) is 1. The molecule has 2 rings (SSSR count). The van der Waals surface area contributed by atoms with Crippen molar-refractivity contribution in [2.45, 2.75) is 25.7 Å². The average Bonchev–Trinajstić information content (AvgIpc) is 2.74. The van der Waals surface area contributed by atoms with Gasteiger partial charge >= 0.3 is 12.1 Å². The smallest absolute Gasteiger partial charge is 0.407 e. The number of hydrogen-bond donors (Lipinski definition) is 2. The summed E-state index contributed by atoms with van der Waals surface area (Å²) >= 11 is 0. The number of carbonyl (C=O) groups is 2. The number of benzene rings is 1. The lowest BCUT2D eigenvalue weighted by Crippen LogP contribution is -2.45. The Hall–Kier alpha value is -2.08. The van der Waals surface area contributed by atoms with Gasteiger partial charge in [0.15, 0.2) is 0 Å². The Kier molecular flexibility index (Phi) is 4.57. The number of rotatable bonds is 4. The fraction of sp³-hybridized carbons (Fsp3) is 0.429. The Morgan fingerprint density at radius 1 is 1.40 bits per heavy atom. The summed E-state index contributed by atoms with van der Waals surface area (Å²) < 4.78 is 10.0. The summed E-state index contributed by atoms with van der Waals surface area (Å²) in [5, 5.41) is 11.7. The minimum absolute atomic E-state index is 0.145. The van der Waals surface area contributed by atoms with Gasteiger partial charge in [0.25, 0.3) is 0 Å². The first-order valence-corrected chi connectivity index (χ1v) is 6.40. The topological polar surface area (TPSA) is 84.9 Å². The van der Waals surface area contributed by atoms with Gasteiger partial charge in [-0.1, -0.05) is 30.3 Å². The van der Waals surface area contributed by atoms with E-state index in [0.717, 1.165) is 5.56 Å². The van der Waals surface area contributed by atoms with Crippen molar-refractivity contribution in [1.82, 2.24) is 5.32 Å². The first-order valence-electron chi connectivity index (χ1n) is 6.40. The van der Waals surface area contributed by atoms with E-state index in [1.165, 1.54) is 0 Å². The second-order valence-corrected chi connectivity index (χ2v) is 4.68. The van der Waals surface area contributed by atoms with Gasteiger partial charge in [0.05, 0.1) is 18.6 Å². The van der Waals surface area contributed by atoms with Crippen LogP contribution in [-0.4, -0.2) is 35.9 Å². The highest BCUT2D eigenvalue weighted by atomic mass is 16.6. The first kappa shape index (κ1) is 14.3. The predicted molar refractivity (Wildman–Crippen MR) is 69.7 cm³/mol. The van der Waals surface area contributed by atoms with E-state index in [4.69, 9.17) is 14.6 Å². The van der Waals surface area contributed by atoms with E-state index in [0.29, 0.717) is 0 Å². The summed E-state index contributed by atoms with van der Waals surface area (Å²) in [6.45, 7) is 1.45. The van der Waals surface area contributed by atoms with Gasteiger partial charge in [-0.15, -0.1) is 0 Å². The first-order chi connectivity index (χ1) is 9.61. The zero-order chi connectivity index (χ0) is 14.5. The summed E-state index contributed by atoms with van der Waals surface area (Å²) in [5.41, 5.74) is 0.869.